The van der Waals surface area contributed by atoms with Crippen LogP contribution in [0.1, 0.15) is 35.8 Å². The van der Waals surface area contributed by atoms with E-state index in [-0.39, 0.29) is 17.2 Å². The van der Waals surface area contributed by atoms with E-state index in [0.29, 0.717) is 37.4 Å². The van der Waals surface area contributed by atoms with Gasteiger partial charge in [0.1, 0.15) is 6.04 Å². The number of rotatable bonds is 5. The van der Waals surface area contributed by atoms with Gasteiger partial charge in [0.15, 0.2) is 5.78 Å². The molecular formula is C26H28N4O3. The molecule has 0 radical (unpaired) electrons. The zero-order valence-corrected chi connectivity index (χ0v) is 19.2. The Morgan fingerprint density at radius 2 is 1.52 bits per heavy atom. The fourth-order valence-corrected chi connectivity index (χ4v) is 4.04. The van der Waals surface area contributed by atoms with Crippen molar-refractivity contribution in [3.8, 4) is 11.3 Å². The van der Waals surface area contributed by atoms with Gasteiger partial charge in [0.2, 0.25) is 5.91 Å². The van der Waals surface area contributed by atoms with Crippen LogP contribution in [0.15, 0.2) is 65.5 Å². The first-order valence-corrected chi connectivity index (χ1v) is 11.1. The minimum absolute atomic E-state index is 0.0428. The van der Waals surface area contributed by atoms with Crippen molar-refractivity contribution in [2.45, 2.75) is 26.8 Å². The van der Waals surface area contributed by atoms with Crippen LogP contribution in [0.5, 0.6) is 0 Å². The largest absolute Gasteiger partial charge is 0.368 e. The molecule has 1 atom stereocenters. The second-order valence-electron chi connectivity index (χ2n) is 8.46. The van der Waals surface area contributed by atoms with Crippen LogP contribution in [0.25, 0.3) is 11.3 Å². The minimum atomic E-state index is -0.690. The molecule has 1 amide bonds. The Labute approximate surface area is 193 Å². The average molecular weight is 445 g/mol. The van der Waals surface area contributed by atoms with Crippen molar-refractivity contribution in [2.24, 2.45) is 0 Å². The van der Waals surface area contributed by atoms with Crippen LogP contribution in [-0.2, 0) is 4.79 Å². The lowest BCUT2D eigenvalue weighted by Gasteiger charge is -2.37. The molecule has 3 aromatic rings. The number of Topliss-reactive ketones (excluding diaryl/α,β-unsaturated/α-hetero) is 1. The molecule has 170 valence electrons. The predicted octanol–water partition coefficient (Wildman–Crippen LogP) is 3.33. The molecule has 0 saturated carbocycles. The van der Waals surface area contributed by atoms with Gasteiger partial charge in [-0.1, -0.05) is 29.8 Å². The van der Waals surface area contributed by atoms with Crippen LogP contribution < -0.4 is 10.5 Å². The van der Waals surface area contributed by atoms with Gasteiger partial charge in [0, 0.05) is 49.1 Å². The van der Waals surface area contributed by atoms with Crippen LogP contribution in [0.3, 0.4) is 0 Å². The molecule has 1 aliphatic heterocycles. The molecule has 1 fully saturated rings. The number of benzene rings is 2. The third-order valence-electron chi connectivity index (χ3n) is 6.13. The zero-order valence-electron chi connectivity index (χ0n) is 19.2. The SMILES string of the molecule is CC(=O)c1ccc(N2CCN(C(=O)C(C)n3nc(-c4ccc(C)cc4)ccc3=O)CC2)cc1. The third kappa shape index (κ3) is 4.87. The molecule has 1 saturated heterocycles. The Balaban J connectivity index is 1.44. The first-order valence-electron chi connectivity index (χ1n) is 11.1. The summed E-state index contributed by atoms with van der Waals surface area (Å²) in [4.78, 5) is 41.1. The van der Waals surface area contributed by atoms with E-state index in [1.807, 2.05) is 55.5 Å². The second kappa shape index (κ2) is 9.40. The molecule has 33 heavy (non-hydrogen) atoms. The number of amides is 1. The van der Waals surface area contributed by atoms with Crippen LogP contribution in [0.2, 0.25) is 0 Å². The van der Waals surface area contributed by atoms with Crippen molar-refractivity contribution < 1.29 is 9.59 Å². The Bertz CT molecular complexity index is 1210. The van der Waals surface area contributed by atoms with Crippen molar-refractivity contribution in [1.29, 1.82) is 0 Å². The maximum Gasteiger partial charge on any atom is 0.267 e. The molecule has 0 spiro atoms. The minimum Gasteiger partial charge on any atom is -0.368 e. The summed E-state index contributed by atoms with van der Waals surface area (Å²) in [6.45, 7) is 7.78. The van der Waals surface area contributed by atoms with E-state index in [1.54, 1.807) is 24.8 Å². The quantitative estimate of drug-likeness (QED) is 0.565. The maximum atomic E-state index is 13.2. The number of hydrogen-bond donors (Lipinski definition) is 0. The highest BCUT2D eigenvalue weighted by atomic mass is 16.2. The molecular weight excluding hydrogens is 416 g/mol. The van der Waals surface area contributed by atoms with Crippen molar-refractivity contribution in [2.75, 3.05) is 31.1 Å². The molecule has 0 N–H and O–H groups in total. The number of carbonyl (C=O) groups excluding carboxylic acids is 2. The molecule has 7 nitrogen and oxygen atoms in total. The van der Waals surface area contributed by atoms with Crippen LogP contribution in [0.4, 0.5) is 5.69 Å². The Morgan fingerprint density at radius 3 is 2.12 bits per heavy atom. The van der Waals surface area contributed by atoms with E-state index < -0.39 is 6.04 Å². The van der Waals surface area contributed by atoms with Crippen molar-refractivity contribution in [1.82, 2.24) is 14.7 Å². The summed E-state index contributed by atoms with van der Waals surface area (Å²) < 4.78 is 1.28. The number of anilines is 1. The molecule has 1 unspecified atom stereocenters. The maximum absolute atomic E-state index is 13.2. The second-order valence-corrected chi connectivity index (χ2v) is 8.46. The van der Waals surface area contributed by atoms with Gasteiger partial charge in [-0.2, -0.15) is 5.10 Å². The fraction of sp³-hybridized carbons (Fsp3) is 0.308. The number of carbonyl (C=O) groups is 2. The van der Waals surface area contributed by atoms with Crippen LogP contribution in [0, 0.1) is 6.92 Å². The molecule has 2 aromatic carbocycles. The molecule has 0 aliphatic carbocycles. The third-order valence-corrected chi connectivity index (χ3v) is 6.13. The average Bonchev–Trinajstić information content (AvgIpc) is 2.84. The highest BCUT2D eigenvalue weighted by Gasteiger charge is 2.27. The lowest BCUT2D eigenvalue weighted by molar-refractivity contribution is -0.135. The Hall–Kier alpha value is -3.74. The number of aromatic nitrogens is 2. The number of nitrogens with zero attached hydrogens (tertiary/aromatic N) is 4. The number of ketones is 1. The van der Waals surface area contributed by atoms with Crippen molar-refractivity contribution in [3.05, 3.63) is 82.1 Å². The van der Waals surface area contributed by atoms with Crippen LogP contribution in [-0.4, -0.2) is 52.5 Å². The van der Waals surface area contributed by atoms with E-state index >= 15 is 0 Å². The summed E-state index contributed by atoms with van der Waals surface area (Å²) in [5, 5.41) is 4.49. The molecule has 1 aliphatic rings. The van der Waals surface area contributed by atoms with E-state index in [4.69, 9.17) is 0 Å². The highest BCUT2D eigenvalue weighted by Crippen LogP contribution is 2.20. The molecule has 7 heteroatoms. The topological polar surface area (TPSA) is 75.5 Å². The monoisotopic (exact) mass is 444 g/mol. The van der Waals surface area contributed by atoms with Gasteiger partial charge in [-0.15, -0.1) is 0 Å². The molecule has 1 aromatic heterocycles. The Morgan fingerprint density at radius 1 is 0.879 bits per heavy atom. The normalized spacial score (nSPS) is 14.8. The fourth-order valence-electron chi connectivity index (χ4n) is 4.04. The lowest BCUT2D eigenvalue weighted by atomic mass is 10.1. The highest BCUT2D eigenvalue weighted by molar-refractivity contribution is 5.94. The first-order chi connectivity index (χ1) is 15.8. The summed E-state index contributed by atoms with van der Waals surface area (Å²) in [5.41, 5.74) is 4.13. The molecule has 4 rings (SSSR count). The summed E-state index contributed by atoms with van der Waals surface area (Å²) in [5.74, 6) is -0.0708. The van der Waals surface area contributed by atoms with E-state index in [9.17, 15) is 14.4 Å². The standard InChI is InChI=1S/C26H28N4O3/c1-18-4-6-22(7-5-18)24-12-13-25(32)30(27-24)19(2)26(33)29-16-14-28(15-17-29)23-10-8-21(9-11-23)20(3)31/h4-13,19H,14-17H2,1-3H3. The van der Waals surface area contributed by atoms with Crippen LogP contribution >= 0.6 is 0 Å². The van der Waals surface area contributed by atoms with E-state index in [1.165, 1.54) is 10.7 Å². The number of piperazine rings is 1. The van der Waals surface area contributed by atoms with Gasteiger partial charge in [0.05, 0.1) is 5.69 Å². The number of hydrogen-bond acceptors (Lipinski definition) is 5. The zero-order chi connectivity index (χ0) is 23.5. The van der Waals surface area contributed by atoms with Gasteiger partial charge < -0.3 is 9.80 Å². The van der Waals surface area contributed by atoms with Crippen molar-refractivity contribution in [3.63, 3.8) is 0 Å². The van der Waals surface area contributed by atoms with Crippen molar-refractivity contribution >= 4 is 17.4 Å². The van der Waals surface area contributed by atoms with Gasteiger partial charge in [0.25, 0.3) is 5.56 Å². The van der Waals surface area contributed by atoms with Gasteiger partial charge in [-0.05, 0) is 51.1 Å². The Kier molecular flexibility index (Phi) is 6.40. The van der Waals surface area contributed by atoms with Gasteiger partial charge in [-0.3, -0.25) is 14.4 Å². The van der Waals surface area contributed by atoms with E-state index in [0.717, 1.165) is 16.8 Å². The molecule has 2 heterocycles. The summed E-state index contributed by atoms with van der Waals surface area (Å²) in [6.07, 6.45) is 0. The van der Waals surface area contributed by atoms with Gasteiger partial charge >= 0.3 is 0 Å². The van der Waals surface area contributed by atoms with E-state index in [2.05, 4.69) is 10.00 Å². The predicted molar refractivity (Wildman–Crippen MR) is 129 cm³/mol. The summed E-state index contributed by atoms with van der Waals surface area (Å²) in [6, 6.07) is 17.9. The summed E-state index contributed by atoms with van der Waals surface area (Å²) >= 11 is 0. The number of aryl methyl sites for hydroxylation is 1. The first kappa shape index (κ1) is 22.5. The molecule has 0 bridgehead atoms. The van der Waals surface area contributed by atoms with Gasteiger partial charge in [-0.25, -0.2) is 4.68 Å². The summed E-state index contributed by atoms with van der Waals surface area (Å²) in [7, 11) is 0. The lowest BCUT2D eigenvalue weighted by Crippen LogP contribution is -2.51. The smallest absolute Gasteiger partial charge is 0.267 e.